The van der Waals surface area contributed by atoms with Crippen molar-refractivity contribution in [2.45, 2.75) is 44.2 Å². The van der Waals surface area contributed by atoms with Gasteiger partial charge in [0.1, 0.15) is 0 Å². The zero-order valence-corrected chi connectivity index (χ0v) is 8.55. The van der Waals surface area contributed by atoms with Gasteiger partial charge in [0.05, 0.1) is 0 Å². The standard InChI is InChI=1S/C9H16N2O.ClH/c10-7-5-9(12)11(6-7)8-3-1-2-4-8;/h7-8H,1-6,10H2;1H. The van der Waals surface area contributed by atoms with Crippen LogP contribution in [0, 0.1) is 0 Å². The van der Waals surface area contributed by atoms with Gasteiger partial charge in [-0.3, -0.25) is 4.79 Å². The lowest BCUT2D eigenvalue weighted by atomic mass is 10.2. The van der Waals surface area contributed by atoms with Crippen molar-refractivity contribution in [2.75, 3.05) is 6.54 Å². The Kier molecular flexibility index (Phi) is 3.56. The molecule has 1 amide bonds. The maximum absolute atomic E-state index is 11.4. The molecule has 1 saturated heterocycles. The predicted octanol–water partition coefficient (Wildman–Crippen LogP) is 0.910. The molecule has 76 valence electrons. The van der Waals surface area contributed by atoms with Crippen molar-refractivity contribution in [3.63, 3.8) is 0 Å². The molecule has 1 atom stereocenters. The van der Waals surface area contributed by atoms with Gasteiger partial charge in [0, 0.05) is 25.0 Å². The number of nitrogens with zero attached hydrogens (tertiary/aromatic N) is 1. The number of carbonyl (C=O) groups is 1. The van der Waals surface area contributed by atoms with Crippen LogP contribution in [0.4, 0.5) is 0 Å². The fraction of sp³-hybridized carbons (Fsp3) is 0.889. The van der Waals surface area contributed by atoms with Crippen LogP contribution in [0.25, 0.3) is 0 Å². The maximum atomic E-state index is 11.4. The molecule has 2 rings (SSSR count). The second-order valence-corrected chi connectivity index (χ2v) is 3.95. The molecule has 3 nitrogen and oxygen atoms in total. The van der Waals surface area contributed by atoms with Crippen molar-refractivity contribution < 1.29 is 4.79 Å². The van der Waals surface area contributed by atoms with Gasteiger partial charge in [-0.05, 0) is 12.8 Å². The molecular weight excluding hydrogens is 188 g/mol. The number of carbonyl (C=O) groups excluding carboxylic acids is 1. The van der Waals surface area contributed by atoms with E-state index in [2.05, 4.69) is 0 Å². The number of nitrogens with two attached hydrogens (primary N) is 1. The Morgan fingerprint density at radius 2 is 1.92 bits per heavy atom. The summed E-state index contributed by atoms with van der Waals surface area (Å²) >= 11 is 0. The predicted molar refractivity (Wildman–Crippen MR) is 53.8 cm³/mol. The molecule has 0 aromatic carbocycles. The largest absolute Gasteiger partial charge is 0.338 e. The van der Waals surface area contributed by atoms with E-state index in [9.17, 15) is 4.79 Å². The Hall–Kier alpha value is -0.280. The summed E-state index contributed by atoms with van der Waals surface area (Å²) in [5.41, 5.74) is 5.72. The van der Waals surface area contributed by atoms with E-state index >= 15 is 0 Å². The number of rotatable bonds is 1. The summed E-state index contributed by atoms with van der Waals surface area (Å²) in [5, 5.41) is 0. The summed E-state index contributed by atoms with van der Waals surface area (Å²) in [7, 11) is 0. The first kappa shape index (κ1) is 10.8. The highest BCUT2D eigenvalue weighted by atomic mass is 35.5. The van der Waals surface area contributed by atoms with Crippen molar-refractivity contribution in [1.29, 1.82) is 0 Å². The van der Waals surface area contributed by atoms with Crippen molar-refractivity contribution in [3.05, 3.63) is 0 Å². The Labute approximate surface area is 85.1 Å². The second kappa shape index (κ2) is 4.29. The molecule has 2 N–H and O–H groups in total. The number of hydrogen-bond donors (Lipinski definition) is 1. The Morgan fingerprint density at radius 1 is 1.31 bits per heavy atom. The van der Waals surface area contributed by atoms with Gasteiger partial charge in [0.2, 0.25) is 5.91 Å². The van der Waals surface area contributed by atoms with E-state index in [1.807, 2.05) is 4.90 Å². The van der Waals surface area contributed by atoms with Gasteiger partial charge < -0.3 is 10.6 Å². The maximum Gasteiger partial charge on any atom is 0.224 e. The number of likely N-dealkylation sites (tertiary alicyclic amines) is 1. The lowest BCUT2D eigenvalue weighted by Crippen LogP contribution is -2.36. The minimum Gasteiger partial charge on any atom is -0.338 e. The van der Waals surface area contributed by atoms with Crippen molar-refractivity contribution in [2.24, 2.45) is 5.73 Å². The third kappa shape index (κ3) is 2.15. The van der Waals surface area contributed by atoms with Gasteiger partial charge in [0.25, 0.3) is 0 Å². The van der Waals surface area contributed by atoms with Gasteiger partial charge in [-0.15, -0.1) is 12.4 Å². The average Bonchev–Trinajstić information content (AvgIpc) is 2.58. The molecule has 0 radical (unpaired) electrons. The molecule has 1 heterocycles. The van der Waals surface area contributed by atoms with Gasteiger partial charge in [-0.25, -0.2) is 0 Å². The van der Waals surface area contributed by atoms with Crippen LogP contribution in [0.2, 0.25) is 0 Å². The molecule has 1 aliphatic heterocycles. The molecule has 1 saturated carbocycles. The summed E-state index contributed by atoms with van der Waals surface area (Å²) in [4.78, 5) is 13.4. The minimum absolute atomic E-state index is 0. The molecule has 4 heteroatoms. The molecule has 1 unspecified atom stereocenters. The quantitative estimate of drug-likeness (QED) is 0.690. The van der Waals surface area contributed by atoms with E-state index in [0.29, 0.717) is 12.5 Å². The van der Waals surface area contributed by atoms with Crippen molar-refractivity contribution in [3.8, 4) is 0 Å². The fourth-order valence-corrected chi connectivity index (χ4v) is 2.33. The summed E-state index contributed by atoms with van der Waals surface area (Å²) in [6.07, 6.45) is 5.51. The van der Waals surface area contributed by atoms with Crippen LogP contribution in [0.15, 0.2) is 0 Å². The first-order chi connectivity index (χ1) is 5.77. The van der Waals surface area contributed by atoms with Crippen LogP contribution < -0.4 is 5.73 Å². The molecule has 0 spiro atoms. The Bertz CT molecular complexity index is 192. The van der Waals surface area contributed by atoms with Crippen LogP contribution in [0.1, 0.15) is 32.1 Å². The Balaban J connectivity index is 0.000000845. The van der Waals surface area contributed by atoms with Gasteiger partial charge in [0.15, 0.2) is 0 Å². The average molecular weight is 205 g/mol. The molecule has 2 fully saturated rings. The normalized spacial score (nSPS) is 29.5. The summed E-state index contributed by atoms with van der Waals surface area (Å²) < 4.78 is 0. The number of hydrogen-bond acceptors (Lipinski definition) is 2. The number of amides is 1. The highest BCUT2D eigenvalue weighted by Gasteiger charge is 2.33. The highest BCUT2D eigenvalue weighted by Crippen LogP contribution is 2.26. The lowest BCUT2D eigenvalue weighted by molar-refractivity contribution is -0.129. The fourth-order valence-electron chi connectivity index (χ4n) is 2.33. The molecule has 13 heavy (non-hydrogen) atoms. The van der Waals surface area contributed by atoms with Crippen LogP contribution in [0.5, 0.6) is 0 Å². The van der Waals surface area contributed by atoms with Crippen LogP contribution in [-0.4, -0.2) is 29.4 Å². The zero-order valence-electron chi connectivity index (χ0n) is 7.74. The smallest absolute Gasteiger partial charge is 0.224 e. The van der Waals surface area contributed by atoms with Gasteiger partial charge >= 0.3 is 0 Å². The first-order valence-electron chi connectivity index (χ1n) is 4.82. The third-order valence-corrected chi connectivity index (χ3v) is 2.95. The molecule has 0 aromatic heterocycles. The molecule has 0 aromatic rings. The Morgan fingerprint density at radius 3 is 2.38 bits per heavy atom. The SMILES string of the molecule is Cl.NC1CC(=O)N(C2CCCC2)C1. The lowest BCUT2D eigenvalue weighted by Gasteiger charge is -2.23. The van der Waals surface area contributed by atoms with E-state index in [1.165, 1.54) is 25.7 Å². The van der Waals surface area contributed by atoms with Crippen molar-refractivity contribution in [1.82, 2.24) is 4.90 Å². The first-order valence-corrected chi connectivity index (χ1v) is 4.82. The van der Waals surface area contributed by atoms with E-state index < -0.39 is 0 Å². The molecular formula is C9H17ClN2O. The van der Waals surface area contributed by atoms with Gasteiger partial charge in [-0.1, -0.05) is 12.8 Å². The summed E-state index contributed by atoms with van der Waals surface area (Å²) in [6.45, 7) is 0.795. The summed E-state index contributed by atoms with van der Waals surface area (Å²) in [5.74, 6) is 0.273. The minimum atomic E-state index is 0. The van der Waals surface area contributed by atoms with E-state index in [0.717, 1.165) is 6.54 Å². The summed E-state index contributed by atoms with van der Waals surface area (Å²) in [6, 6.07) is 0.615. The third-order valence-electron chi connectivity index (χ3n) is 2.95. The molecule has 0 bridgehead atoms. The zero-order chi connectivity index (χ0) is 8.55. The second-order valence-electron chi connectivity index (χ2n) is 3.95. The topological polar surface area (TPSA) is 46.3 Å². The van der Waals surface area contributed by atoms with Gasteiger partial charge in [-0.2, -0.15) is 0 Å². The van der Waals surface area contributed by atoms with Crippen molar-refractivity contribution >= 4 is 18.3 Å². The van der Waals surface area contributed by atoms with Crippen LogP contribution >= 0.6 is 12.4 Å². The highest BCUT2D eigenvalue weighted by molar-refractivity contribution is 5.85. The molecule has 1 aliphatic carbocycles. The van der Waals surface area contributed by atoms with Crippen LogP contribution in [-0.2, 0) is 4.79 Å². The van der Waals surface area contributed by atoms with Crippen LogP contribution in [0.3, 0.4) is 0 Å². The number of halogens is 1. The van der Waals surface area contributed by atoms with E-state index in [1.54, 1.807) is 0 Å². The monoisotopic (exact) mass is 204 g/mol. The van der Waals surface area contributed by atoms with E-state index in [4.69, 9.17) is 5.73 Å². The molecule has 2 aliphatic rings. The van der Waals surface area contributed by atoms with E-state index in [-0.39, 0.29) is 24.4 Å².